The summed E-state index contributed by atoms with van der Waals surface area (Å²) in [4.78, 5) is 22.2. The zero-order chi connectivity index (χ0) is 9.68. The second kappa shape index (κ2) is 4.30. The number of esters is 1. The van der Waals surface area contributed by atoms with Crippen molar-refractivity contribution in [1.29, 1.82) is 0 Å². The second-order valence-corrected chi connectivity index (χ2v) is 2.33. The largest absolute Gasteiger partial charge is 0.458 e. The quantitative estimate of drug-likeness (QED) is 0.343. The molecule has 1 amide bonds. The minimum absolute atomic E-state index is 0.0203. The SMILES string of the molecule is C=CCOC(=O)C1=CNCNC1=O. The lowest BCUT2D eigenvalue weighted by Crippen LogP contribution is -2.40. The number of carbonyl (C=O) groups excluding carboxylic acids is 2. The molecule has 1 heterocycles. The van der Waals surface area contributed by atoms with Crippen molar-refractivity contribution in [3.05, 3.63) is 24.4 Å². The molecule has 2 N–H and O–H groups in total. The number of hydrogen-bond acceptors (Lipinski definition) is 4. The van der Waals surface area contributed by atoms with Crippen molar-refractivity contribution >= 4 is 11.9 Å². The Labute approximate surface area is 75.4 Å². The number of rotatable bonds is 3. The average Bonchev–Trinajstić information content (AvgIpc) is 2.15. The highest BCUT2D eigenvalue weighted by Gasteiger charge is 2.21. The molecule has 70 valence electrons. The summed E-state index contributed by atoms with van der Waals surface area (Å²) in [6, 6.07) is 0. The van der Waals surface area contributed by atoms with Crippen LogP contribution in [0.5, 0.6) is 0 Å². The van der Waals surface area contributed by atoms with Crippen molar-refractivity contribution in [2.75, 3.05) is 13.3 Å². The van der Waals surface area contributed by atoms with Crippen LogP contribution in [0.3, 0.4) is 0 Å². The van der Waals surface area contributed by atoms with Gasteiger partial charge in [0.25, 0.3) is 5.91 Å². The Hall–Kier alpha value is -1.78. The fourth-order valence-electron chi connectivity index (χ4n) is 0.809. The molecule has 5 heteroatoms. The molecule has 13 heavy (non-hydrogen) atoms. The summed E-state index contributed by atoms with van der Waals surface area (Å²) in [7, 11) is 0. The highest BCUT2D eigenvalue weighted by atomic mass is 16.5. The lowest BCUT2D eigenvalue weighted by molar-refractivity contribution is -0.139. The number of carbonyl (C=O) groups is 2. The van der Waals surface area contributed by atoms with E-state index in [0.717, 1.165) is 0 Å². The molecule has 1 aliphatic rings. The molecular weight excluding hydrogens is 172 g/mol. The van der Waals surface area contributed by atoms with E-state index in [9.17, 15) is 9.59 Å². The van der Waals surface area contributed by atoms with E-state index in [0.29, 0.717) is 6.67 Å². The number of amides is 1. The van der Waals surface area contributed by atoms with E-state index in [1.54, 1.807) is 0 Å². The minimum atomic E-state index is -0.649. The third kappa shape index (κ3) is 2.33. The first-order valence-corrected chi connectivity index (χ1v) is 3.75. The van der Waals surface area contributed by atoms with Crippen molar-refractivity contribution in [2.24, 2.45) is 0 Å². The summed E-state index contributed by atoms with van der Waals surface area (Å²) in [5, 5.41) is 5.15. The number of ether oxygens (including phenoxy) is 1. The van der Waals surface area contributed by atoms with E-state index < -0.39 is 11.9 Å². The van der Waals surface area contributed by atoms with Gasteiger partial charge in [-0.1, -0.05) is 12.7 Å². The van der Waals surface area contributed by atoms with Gasteiger partial charge in [-0.25, -0.2) is 4.79 Å². The van der Waals surface area contributed by atoms with E-state index in [1.165, 1.54) is 12.3 Å². The van der Waals surface area contributed by atoms with Gasteiger partial charge in [0.05, 0.1) is 6.67 Å². The Morgan fingerprint density at radius 3 is 3.15 bits per heavy atom. The van der Waals surface area contributed by atoms with E-state index in [4.69, 9.17) is 0 Å². The van der Waals surface area contributed by atoms with Gasteiger partial charge in [-0.3, -0.25) is 4.79 Å². The molecule has 0 aliphatic carbocycles. The van der Waals surface area contributed by atoms with Gasteiger partial charge in [0, 0.05) is 6.20 Å². The fourth-order valence-corrected chi connectivity index (χ4v) is 0.809. The van der Waals surface area contributed by atoms with E-state index in [2.05, 4.69) is 21.9 Å². The van der Waals surface area contributed by atoms with Crippen LogP contribution in [-0.4, -0.2) is 25.2 Å². The van der Waals surface area contributed by atoms with Crippen LogP contribution in [0.1, 0.15) is 0 Å². The lowest BCUT2D eigenvalue weighted by Gasteiger charge is -2.13. The van der Waals surface area contributed by atoms with Crippen LogP contribution >= 0.6 is 0 Å². The van der Waals surface area contributed by atoms with Crippen LogP contribution in [-0.2, 0) is 14.3 Å². The Balaban J connectivity index is 2.58. The van der Waals surface area contributed by atoms with Crippen LogP contribution < -0.4 is 10.6 Å². The maximum absolute atomic E-state index is 11.1. The highest BCUT2D eigenvalue weighted by molar-refractivity contribution is 6.16. The molecule has 0 aromatic heterocycles. The van der Waals surface area contributed by atoms with Crippen LogP contribution in [0.2, 0.25) is 0 Å². The van der Waals surface area contributed by atoms with Crippen molar-refractivity contribution in [3.63, 3.8) is 0 Å². The maximum atomic E-state index is 11.1. The first-order chi connectivity index (χ1) is 6.25. The van der Waals surface area contributed by atoms with Gasteiger partial charge in [-0.15, -0.1) is 0 Å². The molecule has 0 unspecified atom stereocenters. The minimum Gasteiger partial charge on any atom is -0.458 e. The molecule has 1 rings (SSSR count). The standard InChI is InChI=1S/C8H10N2O3/c1-2-3-13-8(12)6-4-9-5-10-7(6)11/h2,4,9H,1,3,5H2,(H,10,11). The number of nitrogens with one attached hydrogen (secondary N) is 2. The van der Waals surface area contributed by atoms with Gasteiger partial charge in [0.1, 0.15) is 12.2 Å². The molecular formula is C8H10N2O3. The molecule has 0 bridgehead atoms. The molecule has 0 saturated heterocycles. The summed E-state index contributed by atoms with van der Waals surface area (Å²) in [5.41, 5.74) is -0.0203. The van der Waals surface area contributed by atoms with Crippen molar-refractivity contribution in [1.82, 2.24) is 10.6 Å². The smallest absolute Gasteiger partial charge is 0.345 e. The lowest BCUT2D eigenvalue weighted by atomic mass is 10.2. The predicted octanol–water partition coefficient (Wildman–Crippen LogP) is -0.724. The molecule has 0 aromatic carbocycles. The zero-order valence-electron chi connectivity index (χ0n) is 7.00. The molecule has 0 fully saturated rings. The van der Waals surface area contributed by atoms with Crippen LogP contribution in [0.25, 0.3) is 0 Å². The van der Waals surface area contributed by atoms with Crippen molar-refractivity contribution < 1.29 is 14.3 Å². The van der Waals surface area contributed by atoms with Gasteiger partial charge in [0.15, 0.2) is 0 Å². The van der Waals surface area contributed by atoms with Gasteiger partial charge in [-0.05, 0) is 0 Å². The highest BCUT2D eigenvalue weighted by Crippen LogP contribution is 1.99. The Morgan fingerprint density at radius 1 is 1.77 bits per heavy atom. The summed E-state index contributed by atoms with van der Waals surface area (Å²) in [5.74, 6) is -1.07. The normalized spacial score (nSPS) is 15.1. The first kappa shape index (κ1) is 9.31. The Morgan fingerprint density at radius 2 is 2.54 bits per heavy atom. The molecule has 0 saturated carbocycles. The molecule has 1 aliphatic heterocycles. The monoisotopic (exact) mass is 182 g/mol. The van der Waals surface area contributed by atoms with E-state index >= 15 is 0 Å². The molecule has 0 radical (unpaired) electrons. The Bertz CT molecular complexity index is 271. The summed E-state index contributed by atoms with van der Waals surface area (Å²) < 4.78 is 4.67. The molecule has 0 atom stereocenters. The van der Waals surface area contributed by atoms with Crippen molar-refractivity contribution in [3.8, 4) is 0 Å². The van der Waals surface area contributed by atoms with Crippen LogP contribution in [0, 0.1) is 0 Å². The molecule has 0 spiro atoms. The summed E-state index contributed by atoms with van der Waals surface area (Å²) in [6.45, 7) is 3.82. The van der Waals surface area contributed by atoms with E-state index in [1.807, 2.05) is 0 Å². The van der Waals surface area contributed by atoms with Gasteiger partial charge < -0.3 is 15.4 Å². The first-order valence-electron chi connectivity index (χ1n) is 3.75. The van der Waals surface area contributed by atoms with E-state index in [-0.39, 0.29) is 12.2 Å². The van der Waals surface area contributed by atoms with Gasteiger partial charge >= 0.3 is 5.97 Å². The van der Waals surface area contributed by atoms with Crippen LogP contribution in [0.4, 0.5) is 0 Å². The predicted molar refractivity (Wildman–Crippen MR) is 45.4 cm³/mol. The topological polar surface area (TPSA) is 67.4 Å². The zero-order valence-corrected chi connectivity index (χ0v) is 7.00. The summed E-state index contributed by atoms with van der Waals surface area (Å²) in [6.07, 6.45) is 2.77. The van der Waals surface area contributed by atoms with Crippen LogP contribution in [0.15, 0.2) is 24.4 Å². The molecule has 0 aromatic rings. The third-order valence-electron chi connectivity index (χ3n) is 1.39. The second-order valence-electron chi connectivity index (χ2n) is 2.33. The molecule has 5 nitrogen and oxygen atoms in total. The fraction of sp³-hybridized carbons (Fsp3) is 0.250. The van der Waals surface area contributed by atoms with Gasteiger partial charge in [-0.2, -0.15) is 0 Å². The number of hydrogen-bond donors (Lipinski definition) is 2. The van der Waals surface area contributed by atoms with Crippen molar-refractivity contribution in [2.45, 2.75) is 0 Å². The third-order valence-corrected chi connectivity index (χ3v) is 1.39. The summed E-state index contributed by atoms with van der Waals surface area (Å²) >= 11 is 0. The Kier molecular flexibility index (Phi) is 3.08. The van der Waals surface area contributed by atoms with Gasteiger partial charge in [0.2, 0.25) is 0 Å². The average molecular weight is 182 g/mol. The maximum Gasteiger partial charge on any atom is 0.345 e.